The summed E-state index contributed by atoms with van der Waals surface area (Å²) < 4.78 is 7.63. The fourth-order valence-electron chi connectivity index (χ4n) is 3.19. The Labute approximate surface area is 216 Å². The molecule has 0 saturated carbocycles. The van der Waals surface area contributed by atoms with E-state index in [4.69, 9.17) is 4.74 Å². The number of amides is 2. The largest absolute Gasteiger partial charge is 0.488 e. The van der Waals surface area contributed by atoms with Gasteiger partial charge in [-0.05, 0) is 71.4 Å². The van der Waals surface area contributed by atoms with Gasteiger partial charge in [-0.3, -0.25) is 24.6 Å². The highest BCUT2D eigenvalue weighted by Crippen LogP contribution is 2.36. The number of carbonyl (C=O) groups excluding carboxylic acids is 2. The van der Waals surface area contributed by atoms with Crippen LogP contribution in [0.25, 0.3) is 6.08 Å². The van der Waals surface area contributed by atoms with E-state index in [-0.39, 0.29) is 30.0 Å². The van der Waals surface area contributed by atoms with Gasteiger partial charge < -0.3 is 4.74 Å². The first-order chi connectivity index (χ1) is 16.3. The van der Waals surface area contributed by atoms with Crippen LogP contribution in [0.5, 0.6) is 5.75 Å². The Morgan fingerprint density at radius 1 is 0.941 bits per heavy atom. The van der Waals surface area contributed by atoms with Gasteiger partial charge in [-0.15, -0.1) is 0 Å². The SMILES string of the molecule is O=C1S/C(=C\c2cc(Br)ccc2OCc2ccc([N+](=O)[O-])cc2)C(=O)N1Cc1ccc(Br)cc1. The van der Waals surface area contributed by atoms with Gasteiger partial charge >= 0.3 is 0 Å². The van der Waals surface area contributed by atoms with Gasteiger partial charge in [-0.1, -0.05) is 44.0 Å². The van der Waals surface area contributed by atoms with E-state index >= 15 is 0 Å². The van der Waals surface area contributed by atoms with Crippen LogP contribution in [0.3, 0.4) is 0 Å². The molecule has 0 bridgehead atoms. The molecule has 1 aliphatic heterocycles. The predicted molar refractivity (Wildman–Crippen MR) is 137 cm³/mol. The van der Waals surface area contributed by atoms with E-state index in [1.807, 2.05) is 30.3 Å². The van der Waals surface area contributed by atoms with Crippen molar-refractivity contribution in [3.63, 3.8) is 0 Å². The lowest BCUT2D eigenvalue weighted by Crippen LogP contribution is -2.27. The highest BCUT2D eigenvalue weighted by Gasteiger charge is 2.35. The molecular formula is C24H16Br2N2O5S. The van der Waals surface area contributed by atoms with Crippen LogP contribution in [0.4, 0.5) is 10.5 Å². The summed E-state index contributed by atoms with van der Waals surface area (Å²) in [6, 6.07) is 18.9. The minimum absolute atomic E-state index is 0.00643. The first-order valence-corrected chi connectivity index (χ1v) is 12.4. The number of nitrogens with zero attached hydrogens (tertiary/aromatic N) is 2. The zero-order chi connectivity index (χ0) is 24.2. The van der Waals surface area contributed by atoms with Crippen LogP contribution in [0.1, 0.15) is 16.7 Å². The number of ether oxygens (including phenoxy) is 1. The fourth-order valence-corrected chi connectivity index (χ4v) is 4.66. The molecule has 1 saturated heterocycles. The number of carbonyl (C=O) groups is 2. The Morgan fingerprint density at radius 3 is 2.26 bits per heavy atom. The smallest absolute Gasteiger partial charge is 0.293 e. The predicted octanol–water partition coefficient (Wildman–Crippen LogP) is 6.94. The number of non-ortho nitro benzene ring substituents is 1. The summed E-state index contributed by atoms with van der Waals surface area (Å²) in [6.45, 7) is 0.378. The second kappa shape index (κ2) is 10.5. The molecule has 3 aromatic rings. The third-order valence-electron chi connectivity index (χ3n) is 4.93. The first-order valence-electron chi connectivity index (χ1n) is 9.95. The molecule has 7 nitrogen and oxygen atoms in total. The number of imide groups is 1. The lowest BCUT2D eigenvalue weighted by Gasteiger charge is -2.12. The van der Waals surface area contributed by atoms with E-state index in [1.165, 1.54) is 17.0 Å². The van der Waals surface area contributed by atoms with Crippen molar-refractivity contribution < 1.29 is 19.2 Å². The van der Waals surface area contributed by atoms with Gasteiger partial charge in [0.15, 0.2) is 0 Å². The molecule has 3 aromatic carbocycles. The number of nitro benzene ring substituents is 1. The Bertz CT molecular complexity index is 1290. The Balaban J connectivity index is 1.52. The molecule has 0 N–H and O–H groups in total. The summed E-state index contributed by atoms with van der Waals surface area (Å²) in [4.78, 5) is 37.4. The van der Waals surface area contributed by atoms with E-state index in [0.717, 1.165) is 31.8 Å². The number of benzene rings is 3. The van der Waals surface area contributed by atoms with E-state index in [2.05, 4.69) is 31.9 Å². The molecule has 0 atom stereocenters. The average Bonchev–Trinajstić information content (AvgIpc) is 3.07. The first kappa shape index (κ1) is 24.2. The lowest BCUT2D eigenvalue weighted by molar-refractivity contribution is -0.384. The molecule has 4 rings (SSSR count). The van der Waals surface area contributed by atoms with E-state index < -0.39 is 4.92 Å². The molecular weight excluding hydrogens is 588 g/mol. The molecule has 10 heteroatoms. The molecule has 172 valence electrons. The third kappa shape index (κ3) is 5.75. The zero-order valence-electron chi connectivity index (χ0n) is 17.4. The van der Waals surface area contributed by atoms with E-state index in [9.17, 15) is 19.7 Å². The maximum Gasteiger partial charge on any atom is 0.293 e. The van der Waals surface area contributed by atoms with Crippen molar-refractivity contribution in [1.82, 2.24) is 4.90 Å². The number of thioether (sulfide) groups is 1. The highest BCUT2D eigenvalue weighted by atomic mass is 79.9. The molecule has 0 aromatic heterocycles. The topological polar surface area (TPSA) is 89.7 Å². The monoisotopic (exact) mass is 602 g/mol. The maximum absolute atomic E-state index is 13.0. The number of hydrogen-bond acceptors (Lipinski definition) is 6. The number of halogens is 2. The van der Waals surface area contributed by atoms with Gasteiger partial charge in [0, 0.05) is 26.6 Å². The van der Waals surface area contributed by atoms with Crippen molar-refractivity contribution in [2.24, 2.45) is 0 Å². The summed E-state index contributed by atoms with van der Waals surface area (Å²) in [6.07, 6.45) is 1.64. The molecule has 1 fully saturated rings. The van der Waals surface area contributed by atoms with Crippen LogP contribution in [0.15, 0.2) is 80.6 Å². The van der Waals surface area contributed by atoms with Crippen LogP contribution in [0.2, 0.25) is 0 Å². The van der Waals surface area contributed by atoms with Crippen LogP contribution < -0.4 is 4.74 Å². The van der Waals surface area contributed by atoms with Gasteiger partial charge in [0.05, 0.1) is 16.4 Å². The summed E-state index contributed by atoms with van der Waals surface area (Å²) in [5, 5.41) is 10.5. The summed E-state index contributed by atoms with van der Waals surface area (Å²) in [5.74, 6) is 0.153. The molecule has 34 heavy (non-hydrogen) atoms. The summed E-state index contributed by atoms with van der Waals surface area (Å²) in [7, 11) is 0. The normalized spacial score (nSPS) is 14.6. The molecule has 2 amide bonds. The number of rotatable bonds is 7. The van der Waals surface area contributed by atoms with Crippen molar-refractivity contribution in [1.29, 1.82) is 0 Å². The van der Waals surface area contributed by atoms with Crippen LogP contribution in [0, 0.1) is 10.1 Å². The lowest BCUT2D eigenvalue weighted by atomic mass is 10.1. The van der Waals surface area contributed by atoms with E-state index in [0.29, 0.717) is 16.2 Å². The van der Waals surface area contributed by atoms with Crippen molar-refractivity contribution in [3.8, 4) is 5.75 Å². The van der Waals surface area contributed by atoms with Crippen LogP contribution in [-0.4, -0.2) is 21.0 Å². The minimum Gasteiger partial charge on any atom is -0.488 e. The quantitative estimate of drug-likeness (QED) is 0.165. The van der Waals surface area contributed by atoms with Crippen molar-refractivity contribution in [2.45, 2.75) is 13.2 Å². The summed E-state index contributed by atoms with van der Waals surface area (Å²) >= 11 is 7.69. The van der Waals surface area contributed by atoms with Crippen LogP contribution >= 0.6 is 43.6 Å². The Morgan fingerprint density at radius 2 is 1.59 bits per heavy atom. The van der Waals surface area contributed by atoms with Crippen LogP contribution in [-0.2, 0) is 17.9 Å². The number of hydrogen-bond donors (Lipinski definition) is 0. The standard InChI is InChI=1S/C24H16Br2N2O5S/c25-18-5-1-15(2-6-18)13-27-23(29)22(34-24(27)30)12-17-11-19(26)7-10-21(17)33-14-16-3-8-20(9-4-16)28(31)32/h1-12H,13-14H2/b22-12-. The zero-order valence-corrected chi connectivity index (χ0v) is 21.4. The minimum atomic E-state index is -0.457. The highest BCUT2D eigenvalue weighted by molar-refractivity contribution is 9.10. The maximum atomic E-state index is 13.0. The molecule has 0 radical (unpaired) electrons. The van der Waals surface area contributed by atoms with Crippen molar-refractivity contribution in [3.05, 3.63) is 107 Å². The molecule has 0 aliphatic carbocycles. The molecule has 0 spiro atoms. The number of nitro groups is 1. The molecule has 0 unspecified atom stereocenters. The Kier molecular flexibility index (Phi) is 7.50. The van der Waals surface area contributed by atoms with Crippen molar-refractivity contribution in [2.75, 3.05) is 0 Å². The van der Waals surface area contributed by atoms with Gasteiger partial charge in [0.25, 0.3) is 16.8 Å². The third-order valence-corrected chi connectivity index (χ3v) is 6.86. The fraction of sp³-hybridized carbons (Fsp3) is 0.0833. The summed E-state index contributed by atoms with van der Waals surface area (Å²) in [5.41, 5.74) is 2.24. The van der Waals surface area contributed by atoms with Gasteiger partial charge in [-0.25, -0.2) is 0 Å². The van der Waals surface area contributed by atoms with E-state index in [1.54, 1.807) is 30.3 Å². The van der Waals surface area contributed by atoms with Gasteiger partial charge in [-0.2, -0.15) is 0 Å². The van der Waals surface area contributed by atoms with Crippen molar-refractivity contribution >= 4 is 66.5 Å². The Hall–Kier alpha value is -2.95. The second-order valence-corrected chi connectivity index (χ2v) is 10.1. The van der Waals surface area contributed by atoms with Gasteiger partial charge in [0.2, 0.25) is 0 Å². The molecule has 1 heterocycles. The second-order valence-electron chi connectivity index (χ2n) is 7.29. The average molecular weight is 604 g/mol. The van der Waals surface area contributed by atoms with Gasteiger partial charge in [0.1, 0.15) is 12.4 Å². The molecule has 1 aliphatic rings.